The predicted molar refractivity (Wildman–Crippen MR) is 154 cm³/mol. The lowest BCUT2D eigenvalue weighted by molar-refractivity contribution is 0.0702. The maximum absolute atomic E-state index is 14.1. The molecule has 39 heavy (non-hydrogen) atoms. The van der Waals surface area contributed by atoms with Crippen molar-refractivity contribution in [2.24, 2.45) is 17.8 Å². The minimum atomic E-state index is -0.534. The quantitative estimate of drug-likeness (QED) is 0.320. The van der Waals surface area contributed by atoms with E-state index < -0.39 is 6.09 Å². The van der Waals surface area contributed by atoms with Crippen LogP contribution in [0.2, 0.25) is 0 Å². The van der Waals surface area contributed by atoms with Crippen LogP contribution in [0.5, 0.6) is 5.88 Å². The molecule has 8 nitrogen and oxygen atoms in total. The number of hydrogen-bond acceptors (Lipinski definition) is 7. The van der Waals surface area contributed by atoms with E-state index in [2.05, 4.69) is 49.3 Å². The van der Waals surface area contributed by atoms with Crippen LogP contribution in [0.15, 0.2) is 29.8 Å². The Kier molecular flexibility index (Phi) is 6.71. The summed E-state index contributed by atoms with van der Waals surface area (Å²) < 4.78 is 7.45. The topological polar surface area (TPSA) is 88.8 Å². The molecule has 1 N–H and O–H groups in total. The second-order valence-corrected chi connectivity index (χ2v) is 13.1. The van der Waals surface area contributed by atoms with Crippen molar-refractivity contribution in [2.75, 3.05) is 13.1 Å². The van der Waals surface area contributed by atoms with Gasteiger partial charge in [-0.1, -0.05) is 25.1 Å². The highest BCUT2D eigenvalue weighted by Gasteiger charge is 2.48. The number of rotatable bonds is 5. The van der Waals surface area contributed by atoms with Gasteiger partial charge in [0.15, 0.2) is 4.96 Å². The molecule has 1 aliphatic heterocycles. The smallest absolute Gasteiger partial charge is 0.391 e. The highest BCUT2D eigenvalue weighted by atomic mass is 32.1. The maximum atomic E-state index is 14.1. The average Bonchev–Trinajstić information content (AvgIpc) is 3.69. The zero-order valence-corrected chi connectivity index (χ0v) is 24.5. The number of ether oxygens (including phenoxy) is 1. The van der Waals surface area contributed by atoms with E-state index in [1.165, 1.54) is 22.5 Å². The highest BCUT2D eigenvalue weighted by Crippen LogP contribution is 2.46. The molecule has 0 bridgehead atoms. The summed E-state index contributed by atoms with van der Waals surface area (Å²) in [7, 11) is 0. The molecule has 4 aromatic rings. The summed E-state index contributed by atoms with van der Waals surface area (Å²) in [4.78, 5) is 39.8. The summed E-state index contributed by atoms with van der Waals surface area (Å²) >= 11 is 3.05. The third-order valence-corrected chi connectivity index (χ3v) is 10.1. The van der Waals surface area contributed by atoms with E-state index in [9.17, 15) is 9.59 Å². The van der Waals surface area contributed by atoms with Gasteiger partial charge in [-0.05, 0) is 75.0 Å². The Morgan fingerprint density at radius 2 is 1.95 bits per heavy atom. The van der Waals surface area contributed by atoms with Crippen LogP contribution in [0.4, 0.5) is 4.79 Å². The fourth-order valence-electron chi connectivity index (χ4n) is 6.33. The number of likely N-dealkylation sites (tertiary alicyclic amines) is 1. The van der Waals surface area contributed by atoms with Crippen molar-refractivity contribution in [1.82, 2.24) is 24.6 Å². The molecule has 2 fully saturated rings. The predicted octanol–water partition coefficient (Wildman–Crippen LogP) is 6.03. The lowest BCUT2D eigenvalue weighted by Gasteiger charge is -2.28. The van der Waals surface area contributed by atoms with Crippen LogP contribution in [-0.2, 0) is 0 Å². The standard InChI is InChI=1S/C29H33N5O3S2/c1-15-10-21-14-34(26(35)24-25(39-19(5)32-24)20-7-6-16(2)17(3)12-20)23(22(21)11-15)13-30-29(36)37-27-18(4)31-28-33(27)8-9-38-28/h6-9,12,15,21-23H,10-11,13-14H2,1-5H3,(H,30,36)/t15?,21-,22-,23+/m0/s1. The van der Waals surface area contributed by atoms with Crippen LogP contribution in [0, 0.1) is 45.4 Å². The van der Waals surface area contributed by atoms with Gasteiger partial charge in [-0.3, -0.25) is 9.20 Å². The second-order valence-electron chi connectivity index (χ2n) is 11.1. The normalized spacial score (nSPS) is 22.4. The number of fused-ring (bicyclic) bond motifs is 2. The number of carbonyl (C=O) groups is 2. The first-order chi connectivity index (χ1) is 18.7. The van der Waals surface area contributed by atoms with Crippen molar-refractivity contribution in [3.8, 4) is 16.3 Å². The number of benzene rings is 1. The number of imidazole rings is 1. The van der Waals surface area contributed by atoms with Crippen molar-refractivity contribution >= 4 is 39.6 Å². The summed E-state index contributed by atoms with van der Waals surface area (Å²) in [5, 5.41) is 5.74. The van der Waals surface area contributed by atoms with E-state index in [1.54, 1.807) is 15.7 Å². The molecule has 0 radical (unpaired) electrons. The lowest BCUT2D eigenvalue weighted by Crippen LogP contribution is -2.46. The molecule has 3 aromatic heterocycles. The van der Waals surface area contributed by atoms with E-state index in [-0.39, 0.29) is 11.9 Å². The van der Waals surface area contributed by atoms with Gasteiger partial charge in [-0.15, -0.1) is 22.7 Å². The molecule has 4 atom stereocenters. The molecule has 2 aliphatic rings. The Morgan fingerprint density at radius 3 is 2.74 bits per heavy atom. The van der Waals surface area contributed by atoms with Crippen molar-refractivity contribution in [3.05, 3.63) is 57.3 Å². The van der Waals surface area contributed by atoms with E-state index >= 15 is 0 Å². The van der Waals surface area contributed by atoms with Crippen molar-refractivity contribution in [3.63, 3.8) is 0 Å². The SMILES string of the molecule is Cc1nc(C(=O)N2C[C@@H]3CC(C)C[C@@H]3[C@H]2CNC(=O)Oc2c(C)nc3sccn23)c(-c2ccc(C)c(C)c2)s1. The fraction of sp³-hybridized carbons (Fsp3) is 0.448. The zero-order valence-electron chi connectivity index (χ0n) is 22.9. The Morgan fingerprint density at radius 1 is 1.13 bits per heavy atom. The molecule has 1 unspecified atom stereocenters. The van der Waals surface area contributed by atoms with Crippen LogP contribution >= 0.6 is 22.7 Å². The Bertz CT molecular complexity index is 1570. The first-order valence-corrected chi connectivity index (χ1v) is 15.1. The molecule has 2 amide bonds. The molecule has 1 saturated carbocycles. The number of nitrogens with one attached hydrogen (secondary N) is 1. The van der Waals surface area contributed by atoms with Crippen LogP contribution in [-0.4, -0.2) is 50.4 Å². The number of amides is 2. The van der Waals surface area contributed by atoms with Crippen LogP contribution in [0.3, 0.4) is 0 Å². The number of carbonyl (C=O) groups excluding carboxylic acids is 2. The van der Waals surface area contributed by atoms with Crippen LogP contribution in [0.25, 0.3) is 15.4 Å². The molecule has 1 aromatic carbocycles. The number of aromatic nitrogens is 3. The number of nitrogens with zero attached hydrogens (tertiary/aromatic N) is 4. The van der Waals surface area contributed by atoms with Crippen molar-refractivity contribution in [2.45, 2.75) is 53.5 Å². The molecule has 10 heteroatoms. The average molecular weight is 564 g/mol. The zero-order chi connectivity index (χ0) is 27.4. The number of aryl methyl sites for hydroxylation is 4. The monoisotopic (exact) mass is 563 g/mol. The van der Waals surface area contributed by atoms with Gasteiger partial charge in [0.05, 0.1) is 15.9 Å². The third kappa shape index (κ3) is 4.74. The second kappa shape index (κ2) is 10.1. The van der Waals surface area contributed by atoms with Gasteiger partial charge in [-0.25, -0.2) is 14.8 Å². The van der Waals surface area contributed by atoms with Crippen LogP contribution in [0.1, 0.15) is 52.1 Å². The molecule has 4 heterocycles. The van der Waals surface area contributed by atoms with Crippen LogP contribution < -0.4 is 10.1 Å². The largest absolute Gasteiger partial charge is 0.414 e. The summed E-state index contributed by atoms with van der Waals surface area (Å²) in [5.74, 6) is 1.75. The molecular formula is C29H33N5O3S2. The molecule has 204 valence electrons. The summed E-state index contributed by atoms with van der Waals surface area (Å²) in [5.41, 5.74) is 4.61. The summed E-state index contributed by atoms with van der Waals surface area (Å²) in [6, 6.07) is 6.20. The van der Waals surface area contributed by atoms with Gasteiger partial charge >= 0.3 is 6.09 Å². The lowest BCUT2D eigenvalue weighted by atomic mass is 9.93. The number of thiazole rings is 2. The highest BCUT2D eigenvalue weighted by molar-refractivity contribution is 7.15. The van der Waals surface area contributed by atoms with Crippen molar-refractivity contribution in [1.29, 1.82) is 0 Å². The minimum absolute atomic E-state index is 0.0542. The molecule has 1 saturated heterocycles. The van der Waals surface area contributed by atoms with Gasteiger partial charge < -0.3 is 15.0 Å². The Hall–Kier alpha value is -3.24. The molecule has 1 aliphatic carbocycles. The first-order valence-electron chi connectivity index (χ1n) is 13.4. The van der Waals surface area contributed by atoms with Crippen molar-refractivity contribution < 1.29 is 14.3 Å². The molecule has 0 spiro atoms. The van der Waals surface area contributed by atoms with E-state index in [0.717, 1.165) is 33.3 Å². The number of hydrogen-bond donors (Lipinski definition) is 1. The van der Waals surface area contributed by atoms with Gasteiger partial charge in [0.1, 0.15) is 11.4 Å². The van der Waals surface area contributed by atoms with E-state index in [4.69, 9.17) is 9.72 Å². The summed E-state index contributed by atoms with van der Waals surface area (Å²) in [6.45, 7) is 11.3. The fourth-order valence-corrected chi connectivity index (χ4v) is 7.99. The Labute approximate surface area is 236 Å². The summed E-state index contributed by atoms with van der Waals surface area (Å²) in [6.07, 6.45) is 3.45. The third-order valence-electron chi connectivity index (χ3n) is 8.30. The first kappa shape index (κ1) is 26.0. The Balaban J connectivity index is 1.24. The van der Waals surface area contributed by atoms with Gasteiger partial charge in [0, 0.05) is 24.7 Å². The van der Waals surface area contributed by atoms with E-state index in [1.807, 2.05) is 30.3 Å². The van der Waals surface area contributed by atoms with E-state index in [0.29, 0.717) is 48.1 Å². The molecular weight excluding hydrogens is 530 g/mol. The molecule has 6 rings (SSSR count). The minimum Gasteiger partial charge on any atom is -0.391 e. The van der Waals surface area contributed by atoms with Gasteiger partial charge in [0.25, 0.3) is 5.91 Å². The van der Waals surface area contributed by atoms with Gasteiger partial charge in [-0.2, -0.15) is 0 Å². The van der Waals surface area contributed by atoms with Gasteiger partial charge in [0.2, 0.25) is 5.88 Å². The maximum Gasteiger partial charge on any atom is 0.414 e.